The molecule has 0 aliphatic carbocycles. The van der Waals surface area contributed by atoms with Gasteiger partial charge in [-0.15, -0.1) is 0 Å². The second kappa shape index (κ2) is 10.8. The first kappa shape index (κ1) is 21.8. The van der Waals surface area contributed by atoms with E-state index in [0.29, 0.717) is 25.1 Å². The number of hydrogen-bond acceptors (Lipinski definition) is 7. The van der Waals surface area contributed by atoms with E-state index in [9.17, 15) is 9.59 Å². The standard InChI is InChI=1S/C22H22N3O6/c1-2-29-18-7-4-3-6-17(18)15-8-10-16(11-9-15)21(26)23-12-5-13-30-19-14-31-25-20(19)22(27)24-28/h3-4,6-11,28H,2,5,12-13H2,1H3,(H,23,26)(H,24,27). The Kier molecular flexibility index (Phi) is 7.61. The number of benzene rings is 2. The van der Waals surface area contributed by atoms with E-state index in [-0.39, 0.29) is 24.0 Å². The fourth-order valence-corrected chi connectivity index (χ4v) is 2.83. The number of hydrogen-bond donors (Lipinski definition) is 3. The Morgan fingerprint density at radius 2 is 1.87 bits per heavy atom. The van der Waals surface area contributed by atoms with Crippen LogP contribution in [0.25, 0.3) is 11.1 Å². The molecule has 0 saturated heterocycles. The fourth-order valence-electron chi connectivity index (χ4n) is 2.83. The van der Waals surface area contributed by atoms with E-state index in [1.807, 2.05) is 43.3 Å². The largest absolute Gasteiger partial charge is 0.493 e. The summed E-state index contributed by atoms with van der Waals surface area (Å²) in [5, 5.41) is 14.8. The van der Waals surface area contributed by atoms with E-state index in [0.717, 1.165) is 16.9 Å². The Balaban J connectivity index is 1.48. The molecule has 161 valence electrons. The molecule has 0 saturated carbocycles. The fraction of sp³-hybridized carbons (Fsp3) is 0.227. The quantitative estimate of drug-likeness (QED) is 0.260. The van der Waals surface area contributed by atoms with Gasteiger partial charge in [0, 0.05) is 17.7 Å². The maximum atomic E-state index is 12.3. The summed E-state index contributed by atoms with van der Waals surface area (Å²) in [6, 6.07) is 15.0. The summed E-state index contributed by atoms with van der Waals surface area (Å²) < 4.78 is 15.5. The monoisotopic (exact) mass is 424 g/mol. The summed E-state index contributed by atoms with van der Waals surface area (Å²) >= 11 is 0. The smallest absolute Gasteiger partial charge is 0.300 e. The molecule has 0 aliphatic rings. The lowest BCUT2D eigenvalue weighted by Crippen LogP contribution is -2.25. The highest BCUT2D eigenvalue weighted by molar-refractivity contribution is 5.95. The number of hydroxylamine groups is 1. The number of rotatable bonds is 10. The van der Waals surface area contributed by atoms with Gasteiger partial charge in [0.05, 0.1) is 13.2 Å². The summed E-state index contributed by atoms with van der Waals surface area (Å²) in [4.78, 5) is 23.7. The SMILES string of the molecule is CCOc1ccccc1-c1ccc(C(=O)NCCCOc2[c]onc2C(=O)NO)cc1. The number of para-hydroxylation sites is 1. The summed E-state index contributed by atoms with van der Waals surface area (Å²) in [6.07, 6.45) is 2.78. The minimum absolute atomic E-state index is 0.0131. The zero-order chi connectivity index (χ0) is 22.1. The first-order chi connectivity index (χ1) is 15.1. The first-order valence-electron chi connectivity index (χ1n) is 9.69. The second-order valence-electron chi connectivity index (χ2n) is 6.37. The number of aromatic nitrogens is 1. The molecule has 0 fully saturated rings. The highest BCUT2D eigenvalue weighted by Gasteiger charge is 2.17. The lowest BCUT2D eigenvalue weighted by molar-refractivity contribution is 0.0692. The van der Waals surface area contributed by atoms with Crippen molar-refractivity contribution in [1.82, 2.24) is 16.0 Å². The van der Waals surface area contributed by atoms with Crippen LogP contribution >= 0.6 is 0 Å². The maximum absolute atomic E-state index is 12.3. The number of amides is 2. The molecule has 2 amide bonds. The van der Waals surface area contributed by atoms with Crippen LogP contribution in [-0.2, 0) is 0 Å². The predicted molar refractivity (Wildman–Crippen MR) is 110 cm³/mol. The number of carbonyl (C=O) groups excluding carboxylic acids is 2. The van der Waals surface area contributed by atoms with Gasteiger partial charge in [-0.05, 0) is 37.1 Å². The molecule has 3 rings (SSSR count). The molecule has 3 N–H and O–H groups in total. The minimum Gasteiger partial charge on any atom is -0.493 e. The third-order valence-corrected chi connectivity index (χ3v) is 4.31. The number of carbonyl (C=O) groups is 2. The van der Waals surface area contributed by atoms with E-state index >= 15 is 0 Å². The van der Waals surface area contributed by atoms with Gasteiger partial charge in [0.25, 0.3) is 12.2 Å². The van der Waals surface area contributed by atoms with Gasteiger partial charge in [0.15, 0.2) is 0 Å². The van der Waals surface area contributed by atoms with E-state index < -0.39 is 5.91 Å². The Morgan fingerprint density at radius 1 is 1.10 bits per heavy atom. The molecule has 2 aromatic carbocycles. The van der Waals surface area contributed by atoms with Crippen LogP contribution < -0.4 is 20.3 Å². The molecule has 3 aromatic rings. The van der Waals surface area contributed by atoms with Gasteiger partial charge in [0.1, 0.15) is 5.75 Å². The predicted octanol–water partition coefficient (Wildman–Crippen LogP) is 2.86. The summed E-state index contributed by atoms with van der Waals surface area (Å²) in [5.41, 5.74) is 3.69. The number of nitrogens with zero attached hydrogens (tertiary/aromatic N) is 1. The van der Waals surface area contributed by atoms with Crippen molar-refractivity contribution in [2.75, 3.05) is 19.8 Å². The average molecular weight is 424 g/mol. The molecule has 9 heteroatoms. The second-order valence-corrected chi connectivity index (χ2v) is 6.37. The molecular weight excluding hydrogens is 402 g/mol. The molecule has 0 unspecified atom stereocenters. The topological polar surface area (TPSA) is 123 Å². The number of nitrogens with one attached hydrogen (secondary N) is 2. The van der Waals surface area contributed by atoms with Crippen LogP contribution in [0.5, 0.6) is 11.5 Å². The van der Waals surface area contributed by atoms with Gasteiger partial charge in [-0.2, -0.15) is 0 Å². The van der Waals surface area contributed by atoms with Gasteiger partial charge >= 0.3 is 5.91 Å². The van der Waals surface area contributed by atoms with Gasteiger partial charge in [-0.3, -0.25) is 14.8 Å². The summed E-state index contributed by atoms with van der Waals surface area (Å²) in [5.74, 6) is -0.283. The Labute approximate surface area is 178 Å². The molecule has 1 radical (unpaired) electrons. The van der Waals surface area contributed by atoms with E-state index in [1.165, 1.54) is 5.48 Å². The molecule has 1 heterocycles. The zero-order valence-corrected chi connectivity index (χ0v) is 16.9. The molecule has 1 aromatic heterocycles. The minimum atomic E-state index is -0.861. The third-order valence-electron chi connectivity index (χ3n) is 4.31. The highest BCUT2D eigenvalue weighted by atomic mass is 16.5. The lowest BCUT2D eigenvalue weighted by Gasteiger charge is -2.11. The van der Waals surface area contributed by atoms with Crippen LogP contribution in [0.1, 0.15) is 34.2 Å². The van der Waals surface area contributed by atoms with Crippen molar-refractivity contribution < 1.29 is 28.8 Å². The van der Waals surface area contributed by atoms with E-state index in [4.69, 9.17) is 14.7 Å². The van der Waals surface area contributed by atoms with Crippen molar-refractivity contribution in [3.05, 3.63) is 66.1 Å². The van der Waals surface area contributed by atoms with Crippen molar-refractivity contribution in [2.45, 2.75) is 13.3 Å². The van der Waals surface area contributed by atoms with Crippen LogP contribution in [0.15, 0.2) is 53.1 Å². The number of ether oxygens (including phenoxy) is 2. The lowest BCUT2D eigenvalue weighted by atomic mass is 10.0. The van der Waals surface area contributed by atoms with Crippen LogP contribution in [-0.4, -0.2) is 41.9 Å². The molecule has 9 nitrogen and oxygen atoms in total. The maximum Gasteiger partial charge on any atom is 0.300 e. The van der Waals surface area contributed by atoms with Crippen molar-refractivity contribution in [3.63, 3.8) is 0 Å². The first-order valence-corrected chi connectivity index (χ1v) is 9.69. The van der Waals surface area contributed by atoms with Crippen LogP contribution in [0.2, 0.25) is 0 Å². The Hall–Kier alpha value is -3.85. The Morgan fingerprint density at radius 3 is 2.61 bits per heavy atom. The average Bonchev–Trinajstić information content (AvgIpc) is 3.27. The molecule has 0 atom stereocenters. The van der Waals surface area contributed by atoms with Crippen LogP contribution in [0.3, 0.4) is 0 Å². The molecule has 0 spiro atoms. The normalized spacial score (nSPS) is 10.4. The Bertz CT molecular complexity index is 1020. The molecule has 0 aliphatic heterocycles. The highest BCUT2D eigenvalue weighted by Crippen LogP contribution is 2.29. The zero-order valence-electron chi connectivity index (χ0n) is 16.9. The van der Waals surface area contributed by atoms with Gasteiger partial charge < -0.3 is 19.3 Å². The van der Waals surface area contributed by atoms with E-state index in [1.54, 1.807) is 12.1 Å². The van der Waals surface area contributed by atoms with Crippen molar-refractivity contribution in [3.8, 4) is 22.6 Å². The molecule has 0 bridgehead atoms. The van der Waals surface area contributed by atoms with Crippen molar-refractivity contribution in [2.24, 2.45) is 0 Å². The van der Waals surface area contributed by atoms with E-state index in [2.05, 4.69) is 21.3 Å². The van der Waals surface area contributed by atoms with Crippen LogP contribution in [0, 0.1) is 6.26 Å². The summed E-state index contributed by atoms with van der Waals surface area (Å²) in [6.45, 7) is 3.06. The van der Waals surface area contributed by atoms with Gasteiger partial charge in [-0.25, -0.2) is 5.48 Å². The van der Waals surface area contributed by atoms with Crippen molar-refractivity contribution in [1.29, 1.82) is 0 Å². The van der Waals surface area contributed by atoms with Gasteiger partial charge in [-0.1, -0.05) is 35.5 Å². The van der Waals surface area contributed by atoms with Crippen molar-refractivity contribution >= 4 is 11.8 Å². The molecular formula is C22H22N3O6. The molecule has 31 heavy (non-hydrogen) atoms. The van der Waals surface area contributed by atoms with Crippen LogP contribution in [0.4, 0.5) is 0 Å². The third kappa shape index (κ3) is 5.61. The summed E-state index contributed by atoms with van der Waals surface area (Å²) in [7, 11) is 0. The van der Waals surface area contributed by atoms with Gasteiger partial charge in [0.2, 0.25) is 11.4 Å².